The Morgan fingerprint density at radius 2 is 1.77 bits per heavy atom. The molecule has 0 aromatic heterocycles. The normalized spacial score (nSPS) is 17.3. The van der Waals surface area contributed by atoms with Crippen LogP contribution in [0.4, 0.5) is 0 Å². The highest BCUT2D eigenvalue weighted by molar-refractivity contribution is 7.89. The van der Waals surface area contributed by atoms with E-state index in [1.807, 2.05) is 32.0 Å². The lowest BCUT2D eigenvalue weighted by molar-refractivity contribution is 0.173. The summed E-state index contributed by atoms with van der Waals surface area (Å²) in [6, 6.07) is 11.1. The topological polar surface area (TPSA) is 68.3 Å². The van der Waals surface area contributed by atoms with Crippen LogP contribution in [0, 0.1) is 6.92 Å². The molecule has 2 aromatic rings. The van der Waals surface area contributed by atoms with Crippen LogP contribution in [0.15, 0.2) is 41.3 Å². The first kappa shape index (κ1) is 21.0. The molecule has 0 unspecified atom stereocenters. The van der Waals surface area contributed by atoms with Crippen molar-refractivity contribution in [3.8, 4) is 17.2 Å². The molecule has 0 amide bonds. The predicted octanol–water partition coefficient (Wildman–Crippen LogP) is 3.02. The molecule has 2 aromatic carbocycles. The molecule has 2 aliphatic heterocycles. The van der Waals surface area contributed by atoms with Crippen molar-refractivity contribution >= 4 is 10.0 Å². The highest BCUT2D eigenvalue weighted by Gasteiger charge is 2.29. The third-order valence-corrected chi connectivity index (χ3v) is 7.31. The first-order valence-corrected chi connectivity index (χ1v) is 11.8. The van der Waals surface area contributed by atoms with E-state index in [1.165, 1.54) is 0 Å². The maximum absolute atomic E-state index is 13.1. The van der Waals surface area contributed by atoms with Gasteiger partial charge in [0, 0.05) is 32.7 Å². The summed E-state index contributed by atoms with van der Waals surface area (Å²) in [6.07, 6.45) is 0.913. The lowest BCUT2D eigenvalue weighted by Crippen LogP contribution is -2.48. The number of benzene rings is 2. The quantitative estimate of drug-likeness (QED) is 0.670. The number of nitrogens with zero attached hydrogens (tertiary/aromatic N) is 2. The van der Waals surface area contributed by atoms with Crippen molar-refractivity contribution in [1.29, 1.82) is 0 Å². The molecule has 1 saturated heterocycles. The average Bonchev–Trinajstić information content (AvgIpc) is 3.21. The third-order valence-electron chi connectivity index (χ3n) is 5.42. The zero-order valence-electron chi connectivity index (χ0n) is 17.5. The van der Waals surface area contributed by atoms with Crippen molar-refractivity contribution in [2.45, 2.75) is 31.7 Å². The largest absolute Gasteiger partial charge is 0.493 e. The zero-order chi connectivity index (χ0) is 21.1. The molecule has 1 fully saturated rings. The van der Waals surface area contributed by atoms with Crippen LogP contribution in [-0.2, 0) is 16.6 Å². The van der Waals surface area contributed by atoms with Gasteiger partial charge in [0.2, 0.25) is 16.8 Å². The van der Waals surface area contributed by atoms with Crippen molar-refractivity contribution in [3.63, 3.8) is 0 Å². The van der Waals surface area contributed by atoms with Gasteiger partial charge in [-0.15, -0.1) is 0 Å². The molecule has 0 bridgehead atoms. The highest BCUT2D eigenvalue weighted by Crippen LogP contribution is 2.33. The fourth-order valence-corrected chi connectivity index (χ4v) is 5.24. The summed E-state index contributed by atoms with van der Waals surface area (Å²) < 4.78 is 44.2. The minimum atomic E-state index is -3.51. The van der Waals surface area contributed by atoms with E-state index >= 15 is 0 Å². The Morgan fingerprint density at radius 3 is 2.50 bits per heavy atom. The van der Waals surface area contributed by atoms with E-state index in [0.717, 1.165) is 41.3 Å². The summed E-state index contributed by atoms with van der Waals surface area (Å²) in [6.45, 7) is 7.88. The van der Waals surface area contributed by atoms with Gasteiger partial charge >= 0.3 is 0 Å². The van der Waals surface area contributed by atoms with Gasteiger partial charge in [-0.3, -0.25) is 4.90 Å². The molecule has 7 nitrogen and oxygen atoms in total. The van der Waals surface area contributed by atoms with Crippen LogP contribution in [-0.4, -0.2) is 57.2 Å². The van der Waals surface area contributed by atoms with Gasteiger partial charge in [0.05, 0.1) is 11.5 Å². The smallest absolute Gasteiger partial charge is 0.243 e. The Kier molecular flexibility index (Phi) is 6.17. The molecule has 0 atom stereocenters. The Bertz CT molecular complexity index is 1000. The summed E-state index contributed by atoms with van der Waals surface area (Å²) in [4.78, 5) is 2.59. The van der Waals surface area contributed by atoms with E-state index in [2.05, 4.69) is 4.90 Å². The Labute approximate surface area is 178 Å². The molecule has 0 spiro atoms. The average molecular weight is 433 g/mol. The van der Waals surface area contributed by atoms with Crippen LogP contribution in [0.3, 0.4) is 0 Å². The van der Waals surface area contributed by atoms with Gasteiger partial charge in [-0.05, 0) is 54.8 Å². The molecular weight excluding hydrogens is 404 g/mol. The minimum Gasteiger partial charge on any atom is -0.493 e. The second-order valence-electron chi connectivity index (χ2n) is 7.64. The van der Waals surface area contributed by atoms with Crippen molar-refractivity contribution in [2.75, 3.05) is 39.6 Å². The molecule has 2 heterocycles. The lowest BCUT2D eigenvalue weighted by Gasteiger charge is -2.34. The molecule has 162 valence electrons. The SMILES string of the molecule is CCCOc1ccc(S(=O)(=O)N2CCN(Cc3ccc4c(c3)OCO4)CC2)cc1C. The molecule has 0 N–H and O–H groups in total. The first-order valence-electron chi connectivity index (χ1n) is 10.3. The molecule has 0 radical (unpaired) electrons. The summed E-state index contributed by atoms with van der Waals surface area (Å²) in [5, 5.41) is 0. The summed E-state index contributed by atoms with van der Waals surface area (Å²) in [5.41, 5.74) is 1.97. The number of hydrogen-bond donors (Lipinski definition) is 0. The van der Waals surface area contributed by atoms with Crippen molar-refractivity contribution in [1.82, 2.24) is 9.21 Å². The molecule has 2 aliphatic rings. The Hall–Kier alpha value is -2.29. The van der Waals surface area contributed by atoms with Crippen LogP contribution < -0.4 is 14.2 Å². The van der Waals surface area contributed by atoms with Gasteiger partial charge in [0.15, 0.2) is 11.5 Å². The van der Waals surface area contributed by atoms with Crippen molar-refractivity contribution in [3.05, 3.63) is 47.5 Å². The number of aryl methyl sites for hydroxylation is 1. The number of ether oxygens (including phenoxy) is 3. The lowest BCUT2D eigenvalue weighted by atomic mass is 10.2. The van der Waals surface area contributed by atoms with E-state index in [0.29, 0.717) is 37.7 Å². The van der Waals surface area contributed by atoms with Crippen molar-refractivity contribution in [2.24, 2.45) is 0 Å². The van der Waals surface area contributed by atoms with Crippen LogP contribution in [0.5, 0.6) is 17.2 Å². The van der Waals surface area contributed by atoms with Gasteiger partial charge in [-0.25, -0.2) is 8.42 Å². The van der Waals surface area contributed by atoms with Gasteiger partial charge in [0.1, 0.15) is 5.75 Å². The number of rotatable bonds is 7. The summed E-state index contributed by atoms with van der Waals surface area (Å²) >= 11 is 0. The second-order valence-corrected chi connectivity index (χ2v) is 9.58. The van der Waals surface area contributed by atoms with E-state index in [9.17, 15) is 8.42 Å². The van der Waals surface area contributed by atoms with Crippen LogP contribution in [0.2, 0.25) is 0 Å². The molecule has 0 saturated carbocycles. The summed E-state index contributed by atoms with van der Waals surface area (Å²) in [7, 11) is -3.51. The highest BCUT2D eigenvalue weighted by atomic mass is 32.2. The number of sulfonamides is 1. The number of fused-ring (bicyclic) bond motifs is 1. The monoisotopic (exact) mass is 432 g/mol. The molecule has 30 heavy (non-hydrogen) atoms. The predicted molar refractivity (Wildman–Crippen MR) is 114 cm³/mol. The molecule has 8 heteroatoms. The molecular formula is C22H28N2O5S. The van der Waals surface area contributed by atoms with Crippen molar-refractivity contribution < 1.29 is 22.6 Å². The fraction of sp³-hybridized carbons (Fsp3) is 0.455. The van der Waals surface area contributed by atoms with Crippen LogP contribution in [0.1, 0.15) is 24.5 Å². The van der Waals surface area contributed by atoms with E-state index in [-0.39, 0.29) is 6.79 Å². The van der Waals surface area contributed by atoms with Gasteiger partial charge in [-0.2, -0.15) is 4.31 Å². The minimum absolute atomic E-state index is 0.264. The second kappa shape index (κ2) is 8.83. The first-order chi connectivity index (χ1) is 14.5. The van der Waals surface area contributed by atoms with Gasteiger partial charge in [-0.1, -0.05) is 13.0 Å². The van der Waals surface area contributed by atoms with E-state index in [1.54, 1.807) is 22.5 Å². The van der Waals surface area contributed by atoms with Crippen LogP contribution in [0.25, 0.3) is 0 Å². The third kappa shape index (κ3) is 4.40. The Balaban J connectivity index is 1.37. The summed E-state index contributed by atoms with van der Waals surface area (Å²) in [5.74, 6) is 2.29. The zero-order valence-corrected chi connectivity index (χ0v) is 18.3. The van der Waals surface area contributed by atoms with Crippen LogP contribution >= 0.6 is 0 Å². The molecule has 4 rings (SSSR count). The fourth-order valence-electron chi connectivity index (χ4n) is 3.73. The van der Waals surface area contributed by atoms with Gasteiger partial charge < -0.3 is 14.2 Å². The maximum atomic E-state index is 13.1. The maximum Gasteiger partial charge on any atom is 0.243 e. The number of piperazine rings is 1. The van der Waals surface area contributed by atoms with Gasteiger partial charge in [0.25, 0.3) is 0 Å². The molecule has 0 aliphatic carbocycles. The van der Waals surface area contributed by atoms with E-state index < -0.39 is 10.0 Å². The van der Waals surface area contributed by atoms with E-state index in [4.69, 9.17) is 14.2 Å². The Morgan fingerprint density at radius 1 is 1.00 bits per heavy atom. The number of hydrogen-bond acceptors (Lipinski definition) is 6. The standard InChI is InChI=1S/C22H28N2O5S/c1-3-12-27-20-7-5-19(13-17(20)2)30(25,26)24-10-8-23(9-11-24)15-18-4-6-21-22(14-18)29-16-28-21/h4-7,13-14H,3,8-12,15-16H2,1-2H3.